The first-order valence-electron chi connectivity index (χ1n) is 6.41. The average Bonchev–Trinajstić information content (AvgIpc) is 2.32. The fourth-order valence-electron chi connectivity index (χ4n) is 2.52. The van der Waals surface area contributed by atoms with Crippen molar-refractivity contribution in [3.8, 4) is 5.75 Å². The highest BCUT2D eigenvalue weighted by molar-refractivity contribution is 5.31. The van der Waals surface area contributed by atoms with Crippen molar-refractivity contribution >= 4 is 0 Å². The number of aliphatic hydroxyl groups excluding tert-OH is 1. The quantitative estimate of drug-likeness (QED) is 0.748. The van der Waals surface area contributed by atoms with Gasteiger partial charge in [-0.1, -0.05) is 24.6 Å². The largest absolute Gasteiger partial charge is 0.508 e. The van der Waals surface area contributed by atoms with E-state index in [0.29, 0.717) is 18.2 Å². The van der Waals surface area contributed by atoms with Gasteiger partial charge in [-0.15, -0.1) is 0 Å². The second-order valence-electron chi connectivity index (χ2n) is 4.95. The number of aliphatic hydroxyl groups is 1. The van der Waals surface area contributed by atoms with Crippen molar-refractivity contribution < 1.29 is 10.2 Å². The van der Waals surface area contributed by atoms with Crippen LogP contribution in [0.25, 0.3) is 0 Å². The van der Waals surface area contributed by atoms with E-state index in [1.165, 1.54) is 6.42 Å². The Morgan fingerprint density at radius 3 is 2.82 bits per heavy atom. The van der Waals surface area contributed by atoms with E-state index < -0.39 is 0 Å². The summed E-state index contributed by atoms with van der Waals surface area (Å²) in [7, 11) is 0. The van der Waals surface area contributed by atoms with Gasteiger partial charge in [-0.05, 0) is 37.8 Å². The first-order valence-corrected chi connectivity index (χ1v) is 6.41. The highest BCUT2D eigenvalue weighted by atomic mass is 16.3. The van der Waals surface area contributed by atoms with Gasteiger partial charge in [0.2, 0.25) is 0 Å². The van der Waals surface area contributed by atoms with Gasteiger partial charge in [-0.3, -0.25) is 0 Å². The summed E-state index contributed by atoms with van der Waals surface area (Å²) in [5, 5.41) is 22.5. The SMILES string of the molecule is Oc1ccccc1CNCC1CCCC(O)C1. The Kier molecular flexibility index (Phi) is 4.40. The molecule has 0 bridgehead atoms. The van der Waals surface area contributed by atoms with E-state index in [2.05, 4.69) is 5.32 Å². The second-order valence-corrected chi connectivity index (χ2v) is 4.95. The first kappa shape index (κ1) is 12.4. The normalized spacial score (nSPS) is 24.8. The molecule has 17 heavy (non-hydrogen) atoms. The minimum absolute atomic E-state index is 0.110. The molecule has 0 saturated heterocycles. The molecule has 0 aliphatic heterocycles. The third-order valence-electron chi connectivity index (χ3n) is 3.50. The Labute approximate surface area is 102 Å². The van der Waals surface area contributed by atoms with E-state index in [-0.39, 0.29) is 6.10 Å². The van der Waals surface area contributed by atoms with E-state index in [1.807, 2.05) is 18.2 Å². The number of hydrogen-bond donors (Lipinski definition) is 3. The van der Waals surface area contributed by atoms with Crippen molar-refractivity contribution in [1.29, 1.82) is 0 Å². The Morgan fingerprint density at radius 1 is 1.24 bits per heavy atom. The lowest BCUT2D eigenvalue weighted by Crippen LogP contribution is -2.28. The molecule has 1 saturated carbocycles. The zero-order chi connectivity index (χ0) is 12.1. The standard InChI is InChI=1S/C14H21NO2/c16-13-6-3-4-11(8-13)9-15-10-12-5-1-2-7-14(12)17/h1-2,5,7,11,13,15-17H,3-4,6,8-10H2. The van der Waals surface area contributed by atoms with Crippen LogP contribution >= 0.6 is 0 Å². The summed E-state index contributed by atoms with van der Waals surface area (Å²) in [6.07, 6.45) is 4.08. The number of para-hydroxylation sites is 1. The van der Waals surface area contributed by atoms with E-state index >= 15 is 0 Å². The molecule has 0 amide bonds. The molecule has 0 aromatic heterocycles. The van der Waals surface area contributed by atoms with Gasteiger partial charge in [-0.2, -0.15) is 0 Å². The molecule has 0 heterocycles. The van der Waals surface area contributed by atoms with E-state index in [4.69, 9.17) is 0 Å². The fraction of sp³-hybridized carbons (Fsp3) is 0.571. The van der Waals surface area contributed by atoms with E-state index in [0.717, 1.165) is 31.4 Å². The topological polar surface area (TPSA) is 52.5 Å². The summed E-state index contributed by atoms with van der Waals surface area (Å²) in [6.45, 7) is 1.62. The number of phenols is 1. The molecule has 1 aromatic carbocycles. The smallest absolute Gasteiger partial charge is 0.120 e. The molecule has 1 aliphatic carbocycles. The molecule has 2 rings (SSSR count). The van der Waals surface area contributed by atoms with E-state index in [1.54, 1.807) is 6.07 Å². The molecule has 0 radical (unpaired) electrons. The summed E-state index contributed by atoms with van der Waals surface area (Å²) < 4.78 is 0. The molecule has 3 nitrogen and oxygen atoms in total. The lowest BCUT2D eigenvalue weighted by atomic mass is 9.87. The number of benzene rings is 1. The molecule has 3 N–H and O–H groups in total. The maximum Gasteiger partial charge on any atom is 0.120 e. The minimum Gasteiger partial charge on any atom is -0.508 e. The molecule has 1 aliphatic rings. The number of hydrogen-bond acceptors (Lipinski definition) is 3. The minimum atomic E-state index is -0.110. The number of nitrogens with one attached hydrogen (secondary N) is 1. The van der Waals surface area contributed by atoms with Gasteiger partial charge in [0.1, 0.15) is 5.75 Å². The molecule has 0 spiro atoms. The molecule has 1 fully saturated rings. The Balaban J connectivity index is 1.74. The third-order valence-corrected chi connectivity index (χ3v) is 3.50. The summed E-state index contributed by atoms with van der Waals surface area (Å²) in [4.78, 5) is 0. The molecular weight excluding hydrogens is 214 g/mol. The van der Waals surface area contributed by atoms with Crippen LogP contribution in [-0.2, 0) is 6.54 Å². The first-order chi connectivity index (χ1) is 8.25. The average molecular weight is 235 g/mol. The Morgan fingerprint density at radius 2 is 2.06 bits per heavy atom. The Bertz CT molecular complexity index is 354. The van der Waals surface area contributed by atoms with Crippen LogP contribution in [0.5, 0.6) is 5.75 Å². The summed E-state index contributed by atoms with van der Waals surface area (Å²) in [5.41, 5.74) is 0.934. The molecule has 1 aromatic rings. The highest BCUT2D eigenvalue weighted by Gasteiger charge is 2.19. The zero-order valence-electron chi connectivity index (χ0n) is 10.1. The summed E-state index contributed by atoms with van der Waals surface area (Å²) in [5.74, 6) is 0.924. The van der Waals surface area contributed by atoms with Gasteiger partial charge in [0.05, 0.1) is 6.10 Å². The molecule has 2 unspecified atom stereocenters. The third kappa shape index (κ3) is 3.72. The van der Waals surface area contributed by atoms with Crippen LogP contribution in [0.4, 0.5) is 0 Å². The number of aromatic hydroxyl groups is 1. The van der Waals surface area contributed by atoms with E-state index in [9.17, 15) is 10.2 Å². The van der Waals surface area contributed by atoms with Crippen molar-refractivity contribution in [1.82, 2.24) is 5.32 Å². The maximum atomic E-state index is 9.61. The Hall–Kier alpha value is -1.06. The fourth-order valence-corrected chi connectivity index (χ4v) is 2.52. The van der Waals surface area contributed by atoms with Gasteiger partial charge < -0.3 is 15.5 Å². The van der Waals surface area contributed by atoms with Crippen LogP contribution in [0.1, 0.15) is 31.2 Å². The van der Waals surface area contributed by atoms with Gasteiger partial charge in [0.25, 0.3) is 0 Å². The second kappa shape index (κ2) is 6.03. The van der Waals surface area contributed by atoms with Crippen LogP contribution in [0.2, 0.25) is 0 Å². The van der Waals surface area contributed by atoms with Gasteiger partial charge in [0, 0.05) is 12.1 Å². The van der Waals surface area contributed by atoms with Gasteiger partial charge in [0.15, 0.2) is 0 Å². The van der Waals surface area contributed by atoms with Gasteiger partial charge >= 0.3 is 0 Å². The summed E-state index contributed by atoms with van der Waals surface area (Å²) in [6, 6.07) is 7.40. The van der Waals surface area contributed by atoms with Crippen LogP contribution in [-0.4, -0.2) is 22.9 Å². The number of rotatable bonds is 4. The van der Waals surface area contributed by atoms with Crippen LogP contribution in [0.3, 0.4) is 0 Å². The van der Waals surface area contributed by atoms with Crippen LogP contribution in [0.15, 0.2) is 24.3 Å². The number of phenolic OH excluding ortho intramolecular Hbond substituents is 1. The monoisotopic (exact) mass is 235 g/mol. The van der Waals surface area contributed by atoms with Crippen LogP contribution in [0, 0.1) is 5.92 Å². The molecule has 2 atom stereocenters. The van der Waals surface area contributed by atoms with Crippen molar-refractivity contribution in [2.45, 2.75) is 38.3 Å². The molecule has 3 heteroatoms. The lowest BCUT2D eigenvalue weighted by Gasteiger charge is -2.26. The van der Waals surface area contributed by atoms with Crippen molar-refractivity contribution in [2.24, 2.45) is 5.92 Å². The predicted molar refractivity (Wildman–Crippen MR) is 67.8 cm³/mol. The lowest BCUT2D eigenvalue weighted by molar-refractivity contribution is 0.101. The predicted octanol–water partition coefficient (Wildman–Crippen LogP) is 2.03. The van der Waals surface area contributed by atoms with Crippen molar-refractivity contribution in [3.05, 3.63) is 29.8 Å². The maximum absolute atomic E-state index is 9.61. The summed E-state index contributed by atoms with van der Waals surface area (Å²) >= 11 is 0. The molecular formula is C14H21NO2. The van der Waals surface area contributed by atoms with Crippen LogP contribution < -0.4 is 5.32 Å². The van der Waals surface area contributed by atoms with Crippen molar-refractivity contribution in [2.75, 3.05) is 6.54 Å². The molecule has 94 valence electrons. The zero-order valence-corrected chi connectivity index (χ0v) is 10.1. The van der Waals surface area contributed by atoms with Gasteiger partial charge in [-0.25, -0.2) is 0 Å². The van der Waals surface area contributed by atoms with Crippen molar-refractivity contribution in [3.63, 3.8) is 0 Å². The highest BCUT2D eigenvalue weighted by Crippen LogP contribution is 2.23.